The maximum Gasteiger partial charge on any atom is 0.330 e. The number of carbonyl (C=O) groups excluding carboxylic acids is 2. The van der Waals surface area contributed by atoms with Crippen molar-refractivity contribution < 1.29 is 18.8 Å². The van der Waals surface area contributed by atoms with E-state index in [1.807, 2.05) is 4.90 Å². The molecule has 0 aliphatic carbocycles. The van der Waals surface area contributed by atoms with Gasteiger partial charge in [-0.1, -0.05) is 26.8 Å². The fourth-order valence-corrected chi connectivity index (χ4v) is 4.06. The van der Waals surface area contributed by atoms with Crippen LogP contribution in [0.3, 0.4) is 0 Å². The second-order valence-corrected chi connectivity index (χ2v) is 13.0. The van der Waals surface area contributed by atoms with Crippen LogP contribution >= 0.6 is 0 Å². The van der Waals surface area contributed by atoms with E-state index in [2.05, 4.69) is 40.4 Å². The lowest BCUT2D eigenvalue weighted by atomic mass is 9.96. The van der Waals surface area contributed by atoms with Gasteiger partial charge in [-0.15, -0.1) is 6.58 Å². The summed E-state index contributed by atoms with van der Waals surface area (Å²) in [6, 6.07) is -0.0888. The van der Waals surface area contributed by atoms with Gasteiger partial charge in [-0.25, -0.2) is 4.79 Å². The van der Waals surface area contributed by atoms with Gasteiger partial charge in [0.15, 0.2) is 8.32 Å². The molecule has 1 aliphatic heterocycles. The van der Waals surface area contributed by atoms with Gasteiger partial charge >= 0.3 is 5.97 Å². The monoisotopic (exact) mass is 381 g/mol. The Hall–Kier alpha value is -1.40. The van der Waals surface area contributed by atoms with Gasteiger partial charge in [-0.2, -0.15) is 0 Å². The Balaban J connectivity index is 3.14. The lowest BCUT2D eigenvalue weighted by Crippen LogP contribution is -2.54. The molecule has 0 unspecified atom stereocenters. The molecule has 0 aromatic heterocycles. The normalized spacial score (nSPS) is 20.3. The minimum absolute atomic E-state index is 0.0327. The summed E-state index contributed by atoms with van der Waals surface area (Å²) in [4.78, 5) is 26.1. The van der Waals surface area contributed by atoms with E-state index in [-0.39, 0.29) is 29.1 Å². The van der Waals surface area contributed by atoms with E-state index in [1.165, 1.54) is 6.08 Å². The first-order valence-corrected chi connectivity index (χ1v) is 12.4. The van der Waals surface area contributed by atoms with Crippen LogP contribution in [0.25, 0.3) is 0 Å². The largest absolute Gasteiger partial charge is 0.463 e. The van der Waals surface area contributed by atoms with E-state index in [4.69, 9.17) is 9.16 Å². The van der Waals surface area contributed by atoms with Crippen LogP contribution in [0.15, 0.2) is 24.8 Å². The number of carbonyl (C=O) groups is 2. The molecule has 1 saturated heterocycles. The van der Waals surface area contributed by atoms with Crippen molar-refractivity contribution in [2.45, 2.75) is 77.2 Å². The van der Waals surface area contributed by atoms with Crippen LogP contribution < -0.4 is 0 Å². The molecule has 26 heavy (non-hydrogen) atoms. The average molecular weight is 382 g/mol. The Labute approximate surface area is 159 Å². The van der Waals surface area contributed by atoms with Crippen molar-refractivity contribution in [3.05, 3.63) is 24.8 Å². The summed E-state index contributed by atoms with van der Waals surface area (Å²) in [5, 5.41) is 0.0327. The molecule has 0 aromatic carbocycles. The molecule has 0 saturated carbocycles. The van der Waals surface area contributed by atoms with Gasteiger partial charge in [0.2, 0.25) is 5.91 Å². The molecule has 0 radical (unpaired) electrons. The van der Waals surface area contributed by atoms with Crippen LogP contribution in [0.2, 0.25) is 18.1 Å². The van der Waals surface area contributed by atoms with Crippen molar-refractivity contribution >= 4 is 20.2 Å². The number of amides is 1. The summed E-state index contributed by atoms with van der Waals surface area (Å²) in [5.74, 6) is -0.261. The van der Waals surface area contributed by atoms with Crippen LogP contribution in [0.1, 0.15) is 47.0 Å². The van der Waals surface area contributed by atoms with Gasteiger partial charge in [-0.3, -0.25) is 4.79 Å². The van der Waals surface area contributed by atoms with Crippen molar-refractivity contribution in [1.29, 1.82) is 0 Å². The van der Waals surface area contributed by atoms with Crippen LogP contribution in [-0.4, -0.2) is 50.4 Å². The first-order chi connectivity index (χ1) is 12.0. The summed E-state index contributed by atoms with van der Waals surface area (Å²) >= 11 is 0. The van der Waals surface area contributed by atoms with E-state index < -0.39 is 8.32 Å². The van der Waals surface area contributed by atoms with Crippen LogP contribution in [0.5, 0.6) is 0 Å². The predicted octanol–water partition coefficient (Wildman–Crippen LogP) is 4.06. The van der Waals surface area contributed by atoms with Crippen LogP contribution in [-0.2, 0) is 18.8 Å². The highest BCUT2D eigenvalue weighted by Crippen LogP contribution is 2.38. The Morgan fingerprint density at radius 1 is 1.42 bits per heavy atom. The highest BCUT2D eigenvalue weighted by atomic mass is 28.4. The van der Waals surface area contributed by atoms with Crippen molar-refractivity contribution in [3.63, 3.8) is 0 Å². The number of ether oxygens (including phenoxy) is 1. The number of hydrogen-bond acceptors (Lipinski definition) is 4. The molecule has 148 valence electrons. The number of piperidine rings is 1. The first-order valence-electron chi connectivity index (χ1n) is 9.46. The maximum absolute atomic E-state index is 12.4. The fourth-order valence-electron chi connectivity index (χ4n) is 2.79. The quantitative estimate of drug-likeness (QED) is 0.275. The van der Waals surface area contributed by atoms with E-state index in [1.54, 1.807) is 19.1 Å². The van der Waals surface area contributed by atoms with E-state index >= 15 is 0 Å². The predicted molar refractivity (Wildman–Crippen MR) is 107 cm³/mol. The van der Waals surface area contributed by atoms with Gasteiger partial charge in [0, 0.05) is 19.0 Å². The molecule has 5 nitrogen and oxygen atoms in total. The minimum Gasteiger partial charge on any atom is -0.463 e. The molecule has 0 bridgehead atoms. The molecule has 0 N–H and O–H groups in total. The summed E-state index contributed by atoms with van der Waals surface area (Å²) in [6.07, 6.45) is 6.87. The third kappa shape index (κ3) is 6.09. The van der Waals surface area contributed by atoms with Gasteiger partial charge < -0.3 is 14.1 Å². The third-order valence-corrected chi connectivity index (χ3v) is 9.74. The summed E-state index contributed by atoms with van der Waals surface area (Å²) in [5.41, 5.74) is 0. The topological polar surface area (TPSA) is 55.8 Å². The Kier molecular flexibility index (Phi) is 8.28. The average Bonchev–Trinajstić information content (AvgIpc) is 2.52. The highest BCUT2D eigenvalue weighted by molar-refractivity contribution is 6.74. The molecular weight excluding hydrogens is 346 g/mol. The standard InChI is InChI=1S/C20H35NO4Si/c1-8-15-21-16(11-10-12-18(21)22)17(13-14-19(23)24-9-2)25-26(6,7)20(3,4)5/h8,13-14,16-17H,1,9-12,15H2,2-7H3/b14-13+/t16-,17+/m0/s1. The summed E-state index contributed by atoms with van der Waals surface area (Å²) in [7, 11) is -2.08. The van der Waals surface area contributed by atoms with Gasteiger partial charge in [0.25, 0.3) is 0 Å². The number of esters is 1. The van der Waals surface area contributed by atoms with Gasteiger partial charge in [0.1, 0.15) is 0 Å². The zero-order valence-corrected chi connectivity index (χ0v) is 18.2. The van der Waals surface area contributed by atoms with Crippen LogP contribution in [0, 0.1) is 0 Å². The van der Waals surface area contributed by atoms with Crippen LogP contribution in [0.4, 0.5) is 0 Å². The Morgan fingerprint density at radius 2 is 2.08 bits per heavy atom. The van der Waals surface area contributed by atoms with Gasteiger partial charge in [-0.05, 0) is 44.0 Å². The highest BCUT2D eigenvalue weighted by Gasteiger charge is 2.42. The summed E-state index contributed by atoms with van der Waals surface area (Å²) in [6.45, 7) is 17.3. The molecule has 1 rings (SSSR count). The zero-order valence-electron chi connectivity index (χ0n) is 17.2. The fraction of sp³-hybridized carbons (Fsp3) is 0.700. The molecule has 1 amide bonds. The van der Waals surface area contributed by atoms with E-state index in [0.717, 1.165) is 12.8 Å². The molecule has 0 spiro atoms. The number of rotatable bonds is 8. The molecular formula is C20H35NO4Si. The van der Waals surface area contributed by atoms with E-state index in [9.17, 15) is 9.59 Å². The molecule has 2 atom stereocenters. The molecule has 1 aliphatic rings. The lowest BCUT2D eigenvalue weighted by molar-refractivity contribution is -0.137. The molecule has 1 heterocycles. The maximum atomic E-state index is 12.4. The number of nitrogens with zero attached hydrogens (tertiary/aromatic N) is 1. The van der Waals surface area contributed by atoms with Gasteiger partial charge in [0.05, 0.1) is 18.8 Å². The minimum atomic E-state index is -2.08. The smallest absolute Gasteiger partial charge is 0.330 e. The molecule has 6 heteroatoms. The Morgan fingerprint density at radius 3 is 2.62 bits per heavy atom. The Bertz CT molecular complexity index is 536. The first kappa shape index (κ1) is 22.6. The second-order valence-electron chi connectivity index (χ2n) is 8.25. The number of likely N-dealkylation sites (tertiary alicyclic amines) is 1. The molecule has 0 aromatic rings. The number of hydrogen-bond donors (Lipinski definition) is 0. The zero-order chi connectivity index (χ0) is 20.0. The van der Waals surface area contributed by atoms with Crippen molar-refractivity contribution in [2.75, 3.05) is 13.2 Å². The van der Waals surface area contributed by atoms with Crippen molar-refractivity contribution in [1.82, 2.24) is 4.90 Å². The second kappa shape index (κ2) is 9.51. The lowest BCUT2D eigenvalue weighted by Gasteiger charge is -2.44. The van der Waals surface area contributed by atoms with Crippen molar-refractivity contribution in [3.8, 4) is 0 Å². The third-order valence-electron chi connectivity index (χ3n) is 5.26. The van der Waals surface area contributed by atoms with Crippen molar-refractivity contribution in [2.24, 2.45) is 0 Å². The SMILES string of the molecule is C=CCN1C(=O)CCC[C@H]1[C@@H](/C=C/C(=O)OCC)O[Si](C)(C)C(C)(C)C. The van der Waals surface area contributed by atoms with E-state index in [0.29, 0.717) is 19.6 Å². The summed E-state index contributed by atoms with van der Waals surface area (Å²) < 4.78 is 11.6. The molecule has 1 fully saturated rings.